The average molecular weight is 137 g/mol. The maximum atomic E-state index is 3.20. The van der Waals surface area contributed by atoms with Gasteiger partial charge in [0, 0.05) is 12.0 Å². The van der Waals surface area contributed by atoms with Gasteiger partial charge < -0.3 is 0 Å². The van der Waals surface area contributed by atoms with Crippen LogP contribution < -0.4 is 10.5 Å². The van der Waals surface area contributed by atoms with Crippen LogP contribution in [0.2, 0.25) is 0 Å². The normalized spacial score (nSPS) is 30.4. The van der Waals surface area contributed by atoms with Crippen LogP contribution in [0.4, 0.5) is 0 Å². The molecule has 0 saturated heterocycles. The molecule has 0 aromatic carbocycles. The van der Waals surface area contributed by atoms with Crippen molar-refractivity contribution in [2.24, 2.45) is 5.92 Å². The van der Waals surface area contributed by atoms with Gasteiger partial charge in [-0.15, -0.1) is 5.10 Å². The summed E-state index contributed by atoms with van der Waals surface area (Å²) >= 11 is 0. The Morgan fingerprint density at radius 3 is 3.40 bits per heavy atom. The summed E-state index contributed by atoms with van der Waals surface area (Å²) in [6.07, 6.45) is 8.34. The van der Waals surface area contributed by atoms with Gasteiger partial charge in [0.05, 0.1) is 6.54 Å². The van der Waals surface area contributed by atoms with E-state index < -0.39 is 0 Å². The quantitative estimate of drug-likeness (QED) is 0.457. The Morgan fingerprint density at radius 1 is 1.50 bits per heavy atom. The predicted molar refractivity (Wildman–Crippen MR) is 40.5 cm³/mol. The van der Waals surface area contributed by atoms with E-state index in [9.17, 15) is 0 Å². The van der Waals surface area contributed by atoms with Crippen LogP contribution in [0.15, 0.2) is 12.2 Å². The highest BCUT2D eigenvalue weighted by atomic mass is 15.3. The van der Waals surface area contributed by atoms with Crippen molar-refractivity contribution >= 4 is 5.71 Å². The zero-order valence-corrected chi connectivity index (χ0v) is 6.06. The van der Waals surface area contributed by atoms with Crippen LogP contribution >= 0.6 is 0 Å². The van der Waals surface area contributed by atoms with Crippen molar-refractivity contribution in [3.05, 3.63) is 12.2 Å². The molecule has 1 unspecified atom stereocenters. The van der Waals surface area contributed by atoms with Crippen molar-refractivity contribution < 1.29 is 5.10 Å². The molecular weight excluding hydrogens is 124 g/mol. The minimum absolute atomic E-state index is 0.811. The van der Waals surface area contributed by atoms with Crippen molar-refractivity contribution in [3.8, 4) is 0 Å². The first-order valence-electron chi connectivity index (χ1n) is 3.99. The molecule has 0 spiro atoms. The Morgan fingerprint density at radius 2 is 2.50 bits per heavy atom. The van der Waals surface area contributed by atoms with Crippen molar-refractivity contribution in [2.75, 3.05) is 6.54 Å². The number of fused-ring (bicyclic) bond motifs is 1. The predicted octanol–water partition coefficient (Wildman–Crippen LogP) is -0.617. The summed E-state index contributed by atoms with van der Waals surface area (Å²) in [5.41, 5.74) is 4.53. The van der Waals surface area contributed by atoms with Gasteiger partial charge in [0.25, 0.3) is 0 Å². The van der Waals surface area contributed by atoms with Gasteiger partial charge in [0.15, 0.2) is 0 Å². The maximum absolute atomic E-state index is 3.20. The molecule has 0 saturated carbocycles. The summed E-state index contributed by atoms with van der Waals surface area (Å²) in [4.78, 5) is 0. The third kappa shape index (κ3) is 0.939. The lowest BCUT2D eigenvalue weighted by Gasteiger charge is -2.18. The number of rotatable bonds is 0. The van der Waals surface area contributed by atoms with Gasteiger partial charge in [0.2, 0.25) is 5.71 Å². The van der Waals surface area contributed by atoms with Crippen molar-refractivity contribution in [2.45, 2.75) is 19.3 Å². The zero-order chi connectivity index (χ0) is 6.81. The fraction of sp³-hybridized carbons (Fsp3) is 0.625. The monoisotopic (exact) mass is 137 g/mol. The molecular formula is C8H13N2+. The molecule has 0 aromatic heterocycles. The first-order chi connectivity index (χ1) is 4.97. The minimum Gasteiger partial charge on any atom is -0.200 e. The number of nitrogens with one attached hydrogen (secondary N) is 2. The van der Waals surface area contributed by atoms with Gasteiger partial charge in [-0.25, -0.2) is 5.43 Å². The van der Waals surface area contributed by atoms with Crippen LogP contribution in [0.1, 0.15) is 19.3 Å². The van der Waals surface area contributed by atoms with Crippen LogP contribution in [0.3, 0.4) is 0 Å². The summed E-state index contributed by atoms with van der Waals surface area (Å²) in [5.74, 6) is 0.811. The van der Waals surface area contributed by atoms with Gasteiger partial charge in [-0.3, -0.25) is 0 Å². The van der Waals surface area contributed by atoms with Gasteiger partial charge in [-0.05, 0) is 19.3 Å². The molecule has 2 rings (SSSR count). The summed E-state index contributed by atoms with van der Waals surface area (Å²) in [5, 5.41) is 3.20. The summed E-state index contributed by atoms with van der Waals surface area (Å²) in [7, 11) is 0. The fourth-order valence-corrected chi connectivity index (χ4v) is 1.65. The molecule has 2 N–H and O–H groups in total. The highest BCUT2D eigenvalue weighted by Crippen LogP contribution is 2.17. The molecule has 1 heterocycles. The Balaban J connectivity index is 2.21. The molecule has 2 nitrogen and oxygen atoms in total. The number of hydrazine groups is 1. The topological polar surface area (TPSA) is 26.0 Å². The third-order valence-corrected chi connectivity index (χ3v) is 2.27. The molecule has 1 aliphatic carbocycles. The lowest BCUT2D eigenvalue weighted by Crippen LogP contribution is -2.86. The summed E-state index contributed by atoms with van der Waals surface area (Å²) in [6.45, 7) is 1.11. The first-order valence-corrected chi connectivity index (χ1v) is 3.99. The number of hydrogen-bond acceptors (Lipinski definition) is 1. The molecule has 0 aromatic rings. The smallest absolute Gasteiger partial charge is 0.200 e. The Bertz CT molecular complexity index is 182. The number of allylic oxidation sites excluding steroid dienone is 2. The Labute approximate surface area is 61.0 Å². The Kier molecular flexibility index (Phi) is 1.46. The second kappa shape index (κ2) is 2.45. The molecule has 54 valence electrons. The second-order valence-corrected chi connectivity index (χ2v) is 2.97. The van der Waals surface area contributed by atoms with Gasteiger partial charge in [-0.2, -0.15) is 0 Å². The number of hydrazone groups is 1. The number of hydrogen-bond donors (Lipinski definition) is 2. The lowest BCUT2D eigenvalue weighted by molar-refractivity contribution is -0.533. The van der Waals surface area contributed by atoms with Crippen LogP contribution in [0.5, 0.6) is 0 Å². The standard InChI is InChI=1S/C8H12N2/c1-2-4-8-7(3-1)5-6-9-10-8/h2,4,7,9H,1,3,5-6H2/p+1. The van der Waals surface area contributed by atoms with Crippen LogP contribution in [-0.2, 0) is 0 Å². The SMILES string of the molecule is C1=CC2=[NH+]NCCC2CC1. The van der Waals surface area contributed by atoms with E-state index in [-0.39, 0.29) is 0 Å². The van der Waals surface area contributed by atoms with Crippen LogP contribution in [0, 0.1) is 5.92 Å². The molecule has 2 aliphatic rings. The zero-order valence-electron chi connectivity index (χ0n) is 6.06. The van der Waals surface area contributed by atoms with E-state index in [0.717, 1.165) is 12.5 Å². The van der Waals surface area contributed by atoms with E-state index in [1.165, 1.54) is 25.0 Å². The van der Waals surface area contributed by atoms with Gasteiger partial charge >= 0.3 is 0 Å². The molecule has 1 atom stereocenters. The minimum atomic E-state index is 0.811. The van der Waals surface area contributed by atoms with Crippen LogP contribution in [-0.4, -0.2) is 12.3 Å². The molecule has 1 aliphatic heterocycles. The van der Waals surface area contributed by atoms with E-state index in [4.69, 9.17) is 0 Å². The third-order valence-electron chi connectivity index (χ3n) is 2.27. The lowest BCUT2D eigenvalue weighted by atomic mass is 9.89. The molecule has 10 heavy (non-hydrogen) atoms. The second-order valence-electron chi connectivity index (χ2n) is 2.97. The first kappa shape index (κ1) is 5.96. The van der Waals surface area contributed by atoms with Gasteiger partial charge in [0.1, 0.15) is 0 Å². The van der Waals surface area contributed by atoms with E-state index in [0.29, 0.717) is 0 Å². The van der Waals surface area contributed by atoms with Crippen molar-refractivity contribution in [3.63, 3.8) is 0 Å². The highest BCUT2D eigenvalue weighted by Gasteiger charge is 2.24. The average Bonchev–Trinajstić information content (AvgIpc) is 2.05. The molecule has 0 bridgehead atoms. The van der Waals surface area contributed by atoms with E-state index in [2.05, 4.69) is 22.7 Å². The molecule has 2 heteroatoms. The Hall–Kier alpha value is -0.790. The molecule has 0 amide bonds. The van der Waals surface area contributed by atoms with E-state index in [1.54, 1.807) is 0 Å². The van der Waals surface area contributed by atoms with E-state index >= 15 is 0 Å². The largest absolute Gasteiger partial charge is 0.205 e. The fourth-order valence-electron chi connectivity index (χ4n) is 1.65. The van der Waals surface area contributed by atoms with Crippen LogP contribution in [0.25, 0.3) is 0 Å². The van der Waals surface area contributed by atoms with Gasteiger partial charge in [-0.1, -0.05) is 6.08 Å². The summed E-state index contributed by atoms with van der Waals surface area (Å²) in [6, 6.07) is 0. The highest BCUT2D eigenvalue weighted by molar-refractivity contribution is 5.92. The molecule has 0 fully saturated rings. The maximum Gasteiger partial charge on any atom is 0.205 e. The van der Waals surface area contributed by atoms with Crippen molar-refractivity contribution in [1.29, 1.82) is 0 Å². The summed E-state index contributed by atoms with van der Waals surface area (Å²) < 4.78 is 0. The van der Waals surface area contributed by atoms with E-state index in [1.807, 2.05) is 0 Å². The van der Waals surface area contributed by atoms with Crippen molar-refractivity contribution in [1.82, 2.24) is 5.43 Å². The molecule has 0 radical (unpaired) electrons.